The lowest BCUT2D eigenvalue weighted by Crippen LogP contribution is -2.36. The van der Waals surface area contributed by atoms with Gasteiger partial charge in [0.15, 0.2) is 0 Å². The van der Waals surface area contributed by atoms with Gasteiger partial charge in [-0.05, 0) is 44.1 Å². The monoisotopic (exact) mass is 267 g/mol. The van der Waals surface area contributed by atoms with Gasteiger partial charge in [-0.1, -0.05) is 18.0 Å². The summed E-state index contributed by atoms with van der Waals surface area (Å²) in [6, 6.07) is 5.09. The fourth-order valence-electron chi connectivity index (χ4n) is 2.14. The van der Waals surface area contributed by atoms with Gasteiger partial charge in [-0.15, -0.1) is 0 Å². The summed E-state index contributed by atoms with van der Waals surface area (Å²) in [7, 11) is 0. The van der Waals surface area contributed by atoms with Crippen molar-refractivity contribution in [2.24, 2.45) is 0 Å². The van der Waals surface area contributed by atoms with E-state index in [1.807, 2.05) is 0 Å². The maximum Gasteiger partial charge on any atom is 0.238 e. The number of carbonyl (C=O) groups is 1. The number of hydrogen-bond donors (Lipinski definition) is 2. The largest absolute Gasteiger partial charge is 0.399 e. The Morgan fingerprint density at radius 1 is 1.33 bits per heavy atom. The summed E-state index contributed by atoms with van der Waals surface area (Å²) >= 11 is 6.01. The molecule has 0 radical (unpaired) electrons. The van der Waals surface area contributed by atoms with Crippen LogP contribution in [-0.4, -0.2) is 30.4 Å². The highest BCUT2D eigenvalue weighted by atomic mass is 35.5. The molecule has 0 unspecified atom stereocenters. The molecule has 1 aromatic carbocycles. The fraction of sp³-hybridized carbons (Fsp3) is 0.462. The first-order chi connectivity index (χ1) is 8.65. The molecular weight excluding hydrogens is 250 g/mol. The van der Waals surface area contributed by atoms with Crippen molar-refractivity contribution in [1.29, 1.82) is 0 Å². The number of nitrogens with zero attached hydrogens (tertiary/aromatic N) is 1. The maximum atomic E-state index is 11.9. The van der Waals surface area contributed by atoms with E-state index in [4.69, 9.17) is 17.3 Å². The lowest BCUT2D eigenvalue weighted by molar-refractivity contribution is -0.117. The number of halogens is 1. The van der Waals surface area contributed by atoms with Gasteiger partial charge >= 0.3 is 0 Å². The molecule has 98 valence electrons. The molecule has 2 rings (SSSR count). The zero-order valence-electron chi connectivity index (χ0n) is 10.3. The Morgan fingerprint density at radius 3 is 2.72 bits per heavy atom. The van der Waals surface area contributed by atoms with E-state index in [0.717, 1.165) is 13.1 Å². The number of benzene rings is 1. The summed E-state index contributed by atoms with van der Waals surface area (Å²) < 4.78 is 0. The Morgan fingerprint density at radius 2 is 2.06 bits per heavy atom. The number of carbonyl (C=O) groups excluding carboxylic acids is 1. The van der Waals surface area contributed by atoms with Gasteiger partial charge in [-0.25, -0.2) is 0 Å². The molecule has 1 fully saturated rings. The second-order valence-electron chi connectivity index (χ2n) is 4.62. The summed E-state index contributed by atoms with van der Waals surface area (Å²) in [5.74, 6) is -0.0245. The minimum atomic E-state index is -0.0245. The van der Waals surface area contributed by atoms with Gasteiger partial charge in [0.1, 0.15) is 0 Å². The standard InChI is InChI=1S/C13H18ClN3O/c14-11-8-10(15)4-5-12(11)16-13(18)9-17-6-2-1-3-7-17/h4-5,8H,1-3,6-7,9,15H2,(H,16,18). The first-order valence-electron chi connectivity index (χ1n) is 6.22. The van der Waals surface area contributed by atoms with Crippen molar-refractivity contribution in [3.8, 4) is 0 Å². The number of nitrogen functional groups attached to an aromatic ring is 1. The Hall–Kier alpha value is -1.26. The molecular formula is C13H18ClN3O. The van der Waals surface area contributed by atoms with Crippen molar-refractivity contribution in [3.63, 3.8) is 0 Å². The molecule has 0 aromatic heterocycles. The van der Waals surface area contributed by atoms with Gasteiger partial charge in [-0.2, -0.15) is 0 Å². The van der Waals surface area contributed by atoms with Crippen LogP contribution in [0.2, 0.25) is 5.02 Å². The number of amides is 1. The molecule has 1 amide bonds. The lowest BCUT2D eigenvalue weighted by Gasteiger charge is -2.25. The SMILES string of the molecule is Nc1ccc(NC(=O)CN2CCCCC2)c(Cl)c1. The summed E-state index contributed by atoms with van der Waals surface area (Å²) in [5.41, 5.74) is 6.81. The number of hydrogen-bond acceptors (Lipinski definition) is 3. The number of nitrogens with two attached hydrogens (primary N) is 1. The number of rotatable bonds is 3. The molecule has 0 spiro atoms. The zero-order valence-corrected chi connectivity index (χ0v) is 11.0. The third kappa shape index (κ3) is 3.62. The van der Waals surface area contributed by atoms with Crippen molar-refractivity contribution in [1.82, 2.24) is 4.90 Å². The molecule has 1 heterocycles. The number of piperidine rings is 1. The van der Waals surface area contributed by atoms with E-state index in [9.17, 15) is 4.79 Å². The molecule has 4 nitrogen and oxygen atoms in total. The smallest absolute Gasteiger partial charge is 0.238 e. The van der Waals surface area contributed by atoms with E-state index < -0.39 is 0 Å². The van der Waals surface area contributed by atoms with Crippen LogP contribution < -0.4 is 11.1 Å². The van der Waals surface area contributed by atoms with Crippen LogP contribution in [0, 0.1) is 0 Å². The minimum Gasteiger partial charge on any atom is -0.399 e. The van der Waals surface area contributed by atoms with Crippen LogP contribution in [0.3, 0.4) is 0 Å². The average molecular weight is 268 g/mol. The van der Waals surface area contributed by atoms with Crippen molar-refractivity contribution in [2.75, 3.05) is 30.7 Å². The van der Waals surface area contributed by atoms with E-state index in [-0.39, 0.29) is 5.91 Å². The van der Waals surface area contributed by atoms with E-state index in [0.29, 0.717) is 22.9 Å². The number of nitrogens with one attached hydrogen (secondary N) is 1. The van der Waals surface area contributed by atoms with Gasteiger partial charge in [-0.3, -0.25) is 9.69 Å². The third-order valence-corrected chi connectivity index (χ3v) is 3.40. The van der Waals surface area contributed by atoms with E-state index in [1.165, 1.54) is 19.3 Å². The van der Waals surface area contributed by atoms with Gasteiger partial charge in [0.25, 0.3) is 0 Å². The number of anilines is 2. The highest BCUT2D eigenvalue weighted by Gasteiger charge is 2.14. The molecule has 1 saturated heterocycles. The average Bonchev–Trinajstić information content (AvgIpc) is 2.34. The van der Waals surface area contributed by atoms with Crippen LogP contribution in [0.1, 0.15) is 19.3 Å². The van der Waals surface area contributed by atoms with Crippen LogP contribution in [0.5, 0.6) is 0 Å². The van der Waals surface area contributed by atoms with Gasteiger partial charge in [0, 0.05) is 5.69 Å². The fourth-order valence-corrected chi connectivity index (χ4v) is 2.38. The van der Waals surface area contributed by atoms with Gasteiger partial charge < -0.3 is 11.1 Å². The summed E-state index contributed by atoms with van der Waals surface area (Å²) in [6.45, 7) is 2.44. The second kappa shape index (κ2) is 6.07. The molecule has 5 heteroatoms. The van der Waals surface area contributed by atoms with Crippen LogP contribution >= 0.6 is 11.6 Å². The van der Waals surface area contributed by atoms with Crippen molar-refractivity contribution < 1.29 is 4.79 Å². The Bertz CT molecular complexity index is 430. The highest BCUT2D eigenvalue weighted by molar-refractivity contribution is 6.34. The van der Waals surface area contributed by atoms with Crippen LogP contribution in [0.25, 0.3) is 0 Å². The molecule has 3 N–H and O–H groups in total. The first-order valence-corrected chi connectivity index (χ1v) is 6.60. The van der Waals surface area contributed by atoms with Gasteiger partial charge in [0.2, 0.25) is 5.91 Å². The quantitative estimate of drug-likeness (QED) is 0.827. The van der Waals surface area contributed by atoms with E-state index >= 15 is 0 Å². The predicted molar refractivity (Wildman–Crippen MR) is 74.8 cm³/mol. The summed E-state index contributed by atoms with van der Waals surface area (Å²) in [5, 5.41) is 3.29. The molecule has 1 aromatic rings. The second-order valence-corrected chi connectivity index (χ2v) is 5.03. The molecule has 18 heavy (non-hydrogen) atoms. The predicted octanol–water partition coefficient (Wildman–Crippen LogP) is 2.35. The summed E-state index contributed by atoms with van der Waals surface area (Å²) in [6.07, 6.45) is 3.62. The van der Waals surface area contributed by atoms with Crippen LogP contribution in [0.4, 0.5) is 11.4 Å². The molecule has 0 aliphatic carbocycles. The van der Waals surface area contributed by atoms with Gasteiger partial charge in [0.05, 0.1) is 17.3 Å². The molecule has 0 atom stereocenters. The highest BCUT2D eigenvalue weighted by Crippen LogP contribution is 2.24. The lowest BCUT2D eigenvalue weighted by atomic mass is 10.1. The minimum absolute atomic E-state index is 0.0245. The van der Waals surface area contributed by atoms with E-state index in [2.05, 4.69) is 10.2 Å². The van der Waals surface area contributed by atoms with Crippen molar-refractivity contribution >= 4 is 28.9 Å². The van der Waals surface area contributed by atoms with Crippen LogP contribution in [-0.2, 0) is 4.79 Å². The normalized spacial score (nSPS) is 16.5. The third-order valence-electron chi connectivity index (χ3n) is 3.08. The zero-order chi connectivity index (χ0) is 13.0. The maximum absolute atomic E-state index is 11.9. The van der Waals surface area contributed by atoms with Crippen LogP contribution in [0.15, 0.2) is 18.2 Å². The Balaban J connectivity index is 1.90. The molecule has 0 saturated carbocycles. The molecule has 0 bridgehead atoms. The van der Waals surface area contributed by atoms with Crippen molar-refractivity contribution in [3.05, 3.63) is 23.2 Å². The summed E-state index contributed by atoms with van der Waals surface area (Å²) in [4.78, 5) is 14.0. The Kier molecular flexibility index (Phi) is 4.44. The molecule has 1 aliphatic rings. The Labute approximate surface area is 112 Å². The molecule has 1 aliphatic heterocycles. The van der Waals surface area contributed by atoms with E-state index in [1.54, 1.807) is 18.2 Å². The first kappa shape index (κ1) is 13.2. The van der Waals surface area contributed by atoms with Crippen molar-refractivity contribution in [2.45, 2.75) is 19.3 Å². The number of likely N-dealkylation sites (tertiary alicyclic amines) is 1. The topological polar surface area (TPSA) is 58.4 Å².